The SMILES string of the molecule is CCCCCCCCCCCCCc1n(CCCCCC)cc[n+]1CCCCCCC. The topological polar surface area (TPSA) is 8.81 Å². The van der Waals surface area contributed by atoms with E-state index in [2.05, 4.69) is 42.3 Å². The highest BCUT2D eigenvalue weighted by atomic mass is 15.1. The molecule has 1 aromatic heterocycles. The summed E-state index contributed by atoms with van der Waals surface area (Å²) < 4.78 is 5.17. The normalized spacial score (nSPS) is 11.5. The van der Waals surface area contributed by atoms with Gasteiger partial charge in [-0.25, -0.2) is 9.13 Å². The van der Waals surface area contributed by atoms with E-state index in [1.807, 2.05) is 0 Å². The molecule has 31 heavy (non-hydrogen) atoms. The highest BCUT2D eigenvalue weighted by Gasteiger charge is 2.16. The third-order valence-electron chi connectivity index (χ3n) is 6.85. The molecule has 1 aromatic rings. The first kappa shape index (κ1) is 28.2. The molecule has 2 heteroatoms. The van der Waals surface area contributed by atoms with Crippen molar-refractivity contribution in [3.05, 3.63) is 18.2 Å². The zero-order valence-corrected chi connectivity index (χ0v) is 21.8. The number of aromatic nitrogens is 2. The number of nitrogens with zero attached hydrogens (tertiary/aromatic N) is 2. The van der Waals surface area contributed by atoms with Crippen molar-refractivity contribution in [1.82, 2.24) is 4.57 Å². The zero-order valence-electron chi connectivity index (χ0n) is 21.8. The molecule has 0 fully saturated rings. The monoisotopic (exact) mass is 433 g/mol. The fourth-order valence-corrected chi connectivity index (χ4v) is 4.73. The Morgan fingerprint density at radius 2 is 1.00 bits per heavy atom. The first-order chi connectivity index (χ1) is 15.3. The third kappa shape index (κ3) is 14.8. The molecule has 0 aromatic carbocycles. The molecule has 0 radical (unpaired) electrons. The lowest BCUT2D eigenvalue weighted by Gasteiger charge is -2.07. The van der Waals surface area contributed by atoms with Gasteiger partial charge >= 0.3 is 0 Å². The van der Waals surface area contributed by atoms with E-state index in [0.29, 0.717) is 0 Å². The van der Waals surface area contributed by atoms with Gasteiger partial charge in [0.1, 0.15) is 12.4 Å². The van der Waals surface area contributed by atoms with E-state index in [4.69, 9.17) is 0 Å². The van der Waals surface area contributed by atoms with Crippen LogP contribution < -0.4 is 4.57 Å². The van der Waals surface area contributed by atoms with Crippen molar-refractivity contribution in [3.8, 4) is 0 Å². The van der Waals surface area contributed by atoms with Crippen LogP contribution in [0.5, 0.6) is 0 Å². The van der Waals surface area contributed by atoms with Crippen LogP contribution in [0.1, 0.15) is 155 Å². The molecule has 0 aliphatic rings. The van der Waals surface area contributed by atoms with E-state index in [1.54, 1.807) is 5.82 Å². The number of imidazole rings is 1. The molecule has 2 nitrogen and oxygen atoms in total. The van der Waals surface area contributed by atoms with E-state index in [9.17, 15) is 0 Å². The van der Waals surface area contributed by atoms with Gasteiger partial charge in [-0.1, -0.05) is 117 Å². The summed E-state index contributed by atoms with van der Waals surface area (Å²) in [6.07, 6.45) is 34.0. The largest absolute Gasteiger partial charge is 0.256 e. The maximum absolute atomic E-state index is 2.59. The second kappa shape index (κ2) is 21.1. The van der Waals surface area contributed by atoms with Crippen molar-refractivity contribution in [2.45, 2.75) is 169 Å². The van der Waals surface area contributed by atoms with Crippen LogP contribution in [0.25, 0.3) is 0 Å². The molecule has 0 unspecified atom stereocenters. The van der Waals surface area contributed by atoms with Crippen molar-refractivity contribution in [2.24, 2.45) is 0 Å². The van der Waals surface area contributed by atoms with Crippen LogP contribution >= 0.6 is 0 Å². The number of unbranched alkanes of at least 4 members (excludes halogenated alkanes) is 17. The molecule has 0 N–H and O–H groups in total. The lowest BCUT2D eigenvalue weighted by atomic mass is 10.1. The molecule has 1 rings (SSSR count). The van der Waals surface area contributed by atoms with Crippen LogP contribution in [-0.2, 0) is 19.5 Å². The highest BCUT2D eigenvalue weighted by Crippen LogP contribution is 2.13. The Morgan fingerprint density at radius 3 is 1.55 bits per heavy atom. The lowest BCUT2D eigenvalue weighted by molar-refractivity contribution is -0.704. The molecule has 182 valence electrons. The quantitative estimate of drug-likeness (QED) is 0.120. The molecule has 0 amide bonds. The summed E-state index contributed by atoms with van der Waals surface area (Å²) in [5.74, 6) is 1.60. The molecule has 0 saturated carbocycles. The van der Waals surface area contributed by atoms with Gasteiger partial charge in [0.15, 0.2) is 0 Å². The zero-order chi connectivity index (χ0) is 22.4. The van der Waals surface area contributed by atoms with Crippen LogP contribution in [0.2, 0.25) is 0 Å². The number of hydrogen-bond acceptors (Lipinski definition) is 0. The first-order valence-corrected chi connectivity index (χ1v) is 14.4. The van der Waals surface area contributed by atoms with Gasteiger partial charge in [0.2, 0.25) is 0 Å². The lowest BCUT2D eigenvalue weighted by Crippen LogP contribution is -2.37. The van der Waals surface area contributed by atoms with Crippen molar-refractivity contribution in [1.29, 1.82) is 0 Å². The minimum absolute atomic E-state index is 1.22. The average Bonchev–Trinajstić information content (AvgIpc) is 3.16. The van der Waals surface area contributed by atoms with Crippen LogP contribution in [-0.4, -0.2) is 4.57 Å². The highest BCUT2D eigenvalue weighted by molar-refractivity contribution is 4.84. The summed E-state index contributed by atoms with van der Waals surface area (Å²) in [5, 5.41) is 0. The van der Waals surface area contributed by atoms with Crippen LogP contribution in [0.15, 0.2) is 12.4 Å². The van der Waals surface area contributed by atoms with E-state index in [0.717, 1.165) is 0 Å². The van der Waals surface area contributed by atoms with Gasteiger partial charge in [-0.05, 0) is 32.1 Å². The predicted octanol–water partition coefficient (Wildman–Crippen LogP) is 9.18. The molecular weight excluding hydrogens is 376 g/mol. The Labute approximate surface area is 196 Å². The van der Waals surface area contributed by atoms with Gasteiger partial charge in [-0.15, -0.1) is 0 Å². The summed E-state index contributed by atoms with van der Waals surface area (Å²) >= 11 is 0. The second-order valence-corrected chi connectivity index (χ2v) is 9.86. The Kier molecular flexibility index (Phi) is 19.2. The number of hydrogen-bond donors (Lipinski definition) is 0. The van der Waals surface area contributed by atoms with Crippen molar-refractivity contribution < 1.29 is 4.57 Å². The fraction of sp³-hybridized carbons (Fsp3) is 0.897. The molecule has 0 aliphatic carbocycles. The van der Waals surface area contributed by atoms with Crippen molar-refractivity contribution in [3.63, 3.8) is 0 Å². The number of aryl methyl sites for hydroxylation is 2. The van der Waals surface area contributed by atoms with E-state index < -0.39 is 0 Å². The summed E-state index contributed by atoms with van der Waals surface area (Å²) in [7, 11) is 0. The molecule has 0 aliphatic heterocycles. The summed E-state index contributed by atoms with van der Waals surface area (Å²) in [4.78, 5) is 0. The third-order valence-corrected chi connectivity index (χ3v) is 6.85. The predicted molar refractivity (Wildman–Crippen MR) is 138 cm³/mol. The fourth-order valence-electron chi connectivity index (χ4n) is 4.73. The van der Waals surface area contributed by atoms with Crippen LogP contribution in [0, 0.1) is 0 Å². The average molecular weight is 434 g/mol. The standard InChI is InChI=1S/C29H57N2/c1-4-7-10-13-14-15-16-17-18-19-21-24-29-30(25-22-12-9-6-3)27-28-31(29)26-23-20-11-8-5-2/h27-28H,4-26H2,1-3H3/q+1. The molecule has 1 heterocycles. The minimum atomic E-state index is 1.22. The maximum atomic E-state index is 2.59. The Bertz CT molecular complexity index is 491. The van der Waals surface area contributed by atoms with Gasteiger partial charge in [-0.2, -0.15) is 0 Å². The molecular formula is C29H57N2+. The molecule has 0 bridgehead atoms. The summed E-state index contributed by atoms with van der Waals surface area (Å²) in [6.45, 7) is 9.35. The van der Waals surface area contributed by atoms with Crippen LogP contribution in [0.4, 0.5) is 0 Å². The maximum Gasteiger partial charge on any atom is 0.256 e. The van der Waals surface area contributed by atoms with E-state index >= 15 is 0 Å². The van der Waals surface area contributed by atoms with E-state index in [-0.39, 0.29) is 0 Å². The molecule has 0 atom stereocenters. The summed E-state index contributed by atoms with van der Waals surface area (Å²) in [6, 6.07) is 0. The van der Waals surface area contributed by atoms with Crippen LogP contribution in [0.3, 0.4) is 0 Å². The second-order valence-electron chi connectivity index (χ2n) is 9.86. The van der Waals surface area contributed by atoms with Crippen molar-refractivity contribution >= 4 is 0 Å². The molecule has 0 saturated heterocycles. The molecule has 0 spiro atoms. The Balaban J connectivity index is 2.30. The first-order valence-electron chi connectivity index (χ1n) is 14.4. The van der Waals surface area contributed by atoms with Gasteiger partial charge in [0, 0.05) is 6.42 Å². The van der Waals surface area contributed by atoms with Gasteiger partial charge in [0.05, 0.1) is 13.1 Å². The summed E-state index contributed by atoms with van der Waals surface area (Å²) in [5.41, 5.74) is 0. The van der Waals surface area contributed by atoms with Gasteiger partial charge in [-0.3, -0.25) is 0 Å². The Morgan fingerprint density at radius 1 is 0.548 bits per heavy atom. The van der Waals surface area contributed by atoms with Crippen molar-refractivity contribution in [2.75, 3.05) is 0 Å². The van der Waals surface area contributed by atoms with Gasteiger partial charge < -0.3 is 0 Å². The van der Waals surface area contributed by atoms with E-state index in [1.165, 1.54) is 148 Å². The smallest absolute Gasteiger partial charge is 0.234 e. The van der Waals surface area contributed by atoms with Gasteiger partial charge in [0.25, 0.3) is 5.82 Å². The minimum Gasteiger partial charge on any atom is -0.234 e. The Hall–Kier alpha value is -0.790. The number of rotatable bonds is 23.